The summed E-state index contributed by atoms with van der Waals surface area (Å²) >= 11 is 0. The molecule has 0 radical (unpaired) electrons. The van der Waals surface area contributed by atoms with Gasteiger partial charge < -0.3 is 9.84 Å². The number of aryl methyl sites for hydroxylation is 2. The number of hydrogen-bond acceptors (Lipinski definition) is 7. The molecule has 3 aromatic heterocycles. The highest BCUT2D eigenvalue weighted by molar-refractivity contribution is 5.76. The summed E-state index contributed by atoms with van der Waals surface area (Å²) < 4.78 is 6.36. The van der Waals surface area contributed by atoms with Gasteiger partial charge in [0.1, 0.15) is 5.56 Å². The van der Waals surface area contributed by atoms with Crippen LogP contribution in [0.1, 0.15) is 30.9 Å². The Labute approximate surface area is 149 Å². The molecule has 1 unspecified atom stereocenters. The molecule has 134 valence electrons. The number of amides is 1. The Bertz CT molecular complexity index is 950. The van der Waals surface area contributed by atoms with E-state index < -0.39 is 0 Å². The van der Waals surface area contributed by atoms with Crippen molar-refractivity contribution < 1.29 is 9.32 Å². The summed E-state index contributed by atoms with van der Waals surface area (Å²) in [6.45, 7) is 3.70. The van der Waals surface area contributed by atoms with Gasteiger partial charge in [-0.05, 0) is 26.0 Å². The minimum Gasteiger partial charge on any atom is -0.348 e. The first-order valence-electron chi connectivity index (χ1n) is 8.10. The van der Waals surface area contributed by atoms with Gasteiger partial charge in [0.25, 0.3) is 11.4 Å². The zero-order valence-corrected chi connectivity index (χ0v) is 14.4. The van der Waals surface area contributed by atoms with Gasteiger partial charge in [-0.1, -0.05) is 11.2 Å². The summed E-state index contributed by atoms with van der Waals surface area (Å²) in [7, 11) is 0. The number of hydrogen-bond donors (Lipinski definition) is 1. The van der Waals surface area contributed by atoms with Crippen molar-refractivity contribution in [2.45, 2.75) is 32.9 Å². The summed E-state index contributed by atoms with van der Waals surface area (Å²) in [4.78, 5) is 36.9. The summed E-state index contributed by atoms with van der Waals surface area (Å²) in [6.07, 6.45) is 4.55. The summed E-state index contributed by atoms with van der Waals surface area (Å²) in [6, 6.07) is 5.30. The van der Waals surface area contributed by atoms with E-state index in [-0.39, 0.29) is 41.9 Å². The number of nitrogens with one attached hydrogen (secondary N) is 1. The minimum absolute atomic E-state index is 0.113. The molecule has 0 aromatic carbocycles. The first-order valence-corrected chi connectivity index (χ1v) is 8.10. The number of pyridine rings is 1. The highest BCUT2D eigenvalue weighted by atomic mass is 16.5. The predicted octanol–water partition coefficient (Wildman–Crippen LogP) is 1.26. The van der Waals surface area contributed by atoms with Crippen LogP contribution in [0.25, 0.3) is 11.5 Å². The quantitative estimate of drug-likeness (QED) is 0.708. The Kier molecular flexibility index (Phi) is 5.16. The second kappa shape index (κ2) is 7.68. The van der Waals surface area contributed by atoms with E-state index >= 15 is 0 Å². The molecule has 0 bridgehead atoms. The zero-order valence-electron chi connectivity index (χ0n) is 14.4. The van der Waals surface area contributed by atoms with Crippen molar-refractivity contribution in [3.8, 4) is 11.5 Å². The lowest BCUT2D eigenvalue weighted by Crippen LogP contribution is -2.30. The number of carbonyl (C=O) groups is 1. The Morgan fingerprint density at radius 3 is 2.92 bits per heavy atom. The molecule has 9 nitrogen and oxygen atoms in total. The van der Waals surface area contributed by atoms with Crippen LogP contribution in [0.5, 0.6) is 0 Å². The van der Waals surface area contributed by atoms with Gasteiger partial charge in [0.05, 0.1) is 18.1 Å². The Morgan fingerprint density at radius 2 is 2.23 bits per heavy atom. The van der Waals surface area contributed by atoms with Crippen LogP contribution in [0, 0.1) is 6.92 Å². The maximum absolute atomic E-state index is 12.5. The summed E-state index contributed by atoms with van der Waals surface area (Å²) in [5.41, 5.74) is 0.637. The molecule has 3 rings (SSSR count). The smallest absolute Gasteiger partial charge is 0.266 e. The van der Waals surface area contributed by atoms with Gasteiger partial charge in [0.15, 0.2) is 5.82 Å². The van der Waals surface area contributed by atoms with Crippen LogP contribution in [0.4, 0.5) is 0 Å². The van der Waals surface area contributed by atoms with E-state index in [0.29, 0.717) is 5.82 Å². The topological polar surface area (TPSA) is 116 Å². The van der Waals surface area contributed by atoms with Crippen LogP contribution < -0.4 is 10.9 Å². The molecule has 1 amide bonds. The molecule has 0 fully saturated rings. The molecular formula is C17H18N6O3. The fourth-order valence-electron chi connectivity index (χ4n) is 2.40. The number of rotatable bonds is 6. The molecule has 1 N–H and O–H groups in total. The van der Waals surface area contributed by atoms with Gasteiger partial charge in [-0.15, -0.1) is 0 Å². The average Bonchev–Trinajstić information content (AvgIpc) is 3.07. The van der Waals surface area contributed by atoms with Crippen LogP contribution in [0.2, 0.25) is 0 Å². The lowest BCUT2D eigenvalue weighted by Gasteiger charge is -2.13. The molecule has 0 spiro atoms. The van der Waals surface area contributed by atoms with E-state index in [1.54, 1.807) is 13.1 Å². The summed E-state index contributed by atoms with van der Waals surface area (Å²) in [5, 5.41) is 6.52. The Morgan fingerprint density at radius 1 is 1.38 bits per heavy atom. The van der Waals surface area contributed by atoms with Crippen LogP contribution in [-0.2, 0) is 11.3 Å². The monoisotopic (exact) mass is 354 g/mol. The Hall–Kier alpha value is -3.36. The van der Waals surface area contributed by atoms with Gasteiger partial charge in [-0.25, -0.2) is 4.98 Å². The van der Waals surface area contributed by atoms with Gasteiger partial charge in [0.2, 0.25) is 5.91 Å². The lowest BCUT2D eigenvalue weighted by atomic mass is 10.2. The third-order valence-corrected chi connectivity index (χ3v) is 3.75. The van der Waals surface area contributed by atoms with Crippen LogP contribution in [-0.4, -0.2) is 30.6 Å². The van der Waals surface area contributed by atoms with Gasteiger partial charge >= 0.3 is 0 Å². The summed E-state index contributed by atoms with van der Waals surface area (Å²) in [5.74, 6) is 0.356. The lowest BCUT2D eigenvalue weighted by molar-refractivity contribution is -0.122. The van der Waals surface area contributed by atoms with E-state index in [1.807, 2.05) is 25.1 Å². The molecule has 3 heterocycles. The van der Waals surface area contributed by atoms with Crippen molar-refractivity contribution in [1.82, 2.24) is 30.0 Å². The fraction of sp³-hybridized carbons (Fsp3) is 0.294. The van der Waals surface area contributed by atoms with E-state index in [1.165, 1.54) is 17.1 Å². The molecule has 0 aliphatic rings. The van der Waals surface area contributed by atoms with Gasteiger partial charge in [-0.2, -0.15) is 4.98 Å². The standard InChI is InChI=1S/C17H18N6O3/c1-11(14-5-3-4-7-19-14)20-15(24)6-8-23-10-18-9-13(17(23)25)16-21-12(2)22-26-16/h3-5,7,9-11H,6,8H2,1-2H3,(H,20,24). The number of aromatic nitrogens is 5. The molecule has 0 aliphatic heterocycles. The van der Waals surface area contributed by atoms with Crippen molar-refractivity contribution in [3.05, 3.63) is 58.8 Å². The largest absolute Gasteiger partial charge is 0.348 e. The van der Waals surface area contributed by atoms with Gasteiger partial charge in [-0.3, -0.25) is 19.1 Å². The zero-order chi connectivity index (χ0) is 18.5. The van der Waals surface area contributed by atoms with Crippen molar-refractivity contribution in [1.29, 1.82) is 0 Å². The van der Waals surface area contributed by atoms with Crippen molar-refractivity contribution in [2.24, 2.45) is 0 Å². The van der Waals surface area contributed by atoms with Gasteiger partial charge in [0, 0.05) is 25.4 Å². The fourth-order valence-corrected chi connectivity index (χ4v) is 2.40. The third-order valence-electron chi connectivity index (χ3n) is 3.75. The molecule has 0 saturated heterocycles. The minimum atomic E-state index is -0.339. The second-order valence-electron chi connectivity index (χ2n) is 5.75. The van der Waals surface area contributed by atoms with E-state index in [0.717, 1.165) is 5.69 Å². The van der Waals surface area contributed by atoms with Crippen LogP contribution >= 0.6 is 0 Å². The molecule has 1 atom stereocenters. The third kappa shape index (κ3) is 4.00. The molecular weight excluding hydrogens is 336 g/mol. The molecule has 3 aromatic rings. The molecule has 0 aliphatic carbocycles. The first-order chi connectivity index (χ1) is 12.5. The first kappa shape index (κ1) is 17.5. The molecule has 26 heavy (non-hydrogen) atoms. The van der Waals surface area contributed by atoms with E-state index in [2.05, 4.69) is 25.4 Å². The second-order valence-corrected chi connectivity index (χ2v) is 5.75. The Balaban J connectivity index is 1.65. The van der Waals surface area contributed by atoms with E-state index in [4.69, 9.17) is 4.52 Å². The van der Waals surface area contributed by atoms with Crippen molar-refractivity contribution in [2.75, 3.05) is 0 Å². The molecule has 9 heteroatoms. The average molecular weight is 354 g/mol. The van der Waals surface area contributed by atoms with Crippen molar-refractivity contribution >= 4 is 5.91 Å². The number of nitrogens with zero attached hydrogens (tertiary/aromatic N) is 5. The highest BCUT2D eigenvalue weighted by Crippen LogP contribution is 2.11. The predicted molar refractivity (Wildman–Crippen MR) is 91.9 cm³/mol. The normalized spacial score (nSPS) is 11.9. The highest BCUT2D eigenvalue weighted by Gasteiger charge is 2.15. The van der Waals surface area contributed by atoms with E-state index in [9.17, 15) is 9.59 Å². The maximum Gasteiger partial charge on any atom is 0.266 e. The maximum atomic E-state index is 12.5. The van der Waals surface area contributed by atoms with Crippen molar-refractivity contribution in [3.63, 3.8) is 0 Å². The SMILES string of the molecule is Cc1noc(-c2cncn(CCC(=O)NC(C)c3ccccn3)c2=O)n1. The molecule has 0 saturated carbocycles. The van der Waals surface area contributed by atoms with Crippen LogP contribution in [0.3, 0.4) is 0 Å². The van der Waals surface area contributed by atoms with Crippen LogP contribution in [0.15, 0.2) is 46.2 Å². The number of carbonyl (C=O) groups excluding carboxylic acids is 1.